The number of nitrogens with zero attached hydrogens (tertiary/aromatic N) is 1. The van der Waals surface area contributed by atoms with E-state index in [-0.39, 0.29) is 18.5 Å². The van der Waals surface area contributed by atoms with Gasteiger partial charge >= 0.3 is 0 Å². The van der Waals surface area contributed by atoms with Crippen LogP contribution < -0.4 is 35.9 Å². The van der Waals surface area contributed by atoms with Gasteiger partial charge in [0.05, 0.1) is 43.6 Å². The van der Waals surface area contributed by atoms with Gasteiger partial charge in [-0.25, -0.2) is 0 Å². The van der Waals surface area contributed by atoms with E-state index in [0.29, 0.717) is 5.75 Å². The second-order valence-electron chi connectivity index (χ2n) is 8.87. The van der Waals surface area contributed by atoms with Crippen molar-refractivity contribution >= 4 is 32.4 Å². The van der Waals surface area contributed by atoms with Crippen LogP contribution in [0, 0.1) is 0 Å². The van der Waals surface area contributed by atoms with Crippen LogP contribution in [0.2, 0.25) is 0 Å². The molecular weight excluding hydrogens is 474 g/mol. The highest BCUT2D eigenvalue weighted by Gasteiger charge is 2.24. The van der Waals surface area contributed by atoms with Gasteiger partial charge in [0.2, 0.25) is 5.52 Å². The van der Waals surface area contributed by atoms with Gasteiger partial charge in [-0.15, -0.1) is 0 Å². The van der Waals surface area contributed by atoms with Gasteiger partial charge in [-0.3, -0.25) is 0 Å². The third-order valence-electron chi connectivity index (χ3n) is 6.40. The quantitative estimate of drug-likeness (QED) is 0.263. The van der Waals surface area contributed by atoms with Gasteiger partial charge in [0.1, 0.15) is 7.05 Å². The lowest BCUT2D eigenvalue weighted by molar-refractivity contribution is -0.642. The highest BCUT2D eigenvalue weighted by atomic mass is 35.5. The summed E-state index contributed by atoms with van der Waals surface area (Å²) in [5.41, 5.74) is 3.20. The van der Waals surface area contributed by atoms with Gasteiger partial charge in [-0.05, 0) is 43.7 Å². The largest absolute Gasteiger partial charge is 1.00 e. The molecule has 0 saturated carbocycles. The summed E-state index contributed by atoms with van der Waals surface area (Å²) < 4.78 is 25.7. The molecule has 0 radical (unpaired) electrons. The first-order chi connectivity index (χ1) is 17.0. The summed E-state index contributed by atoms with van der Waals surface area (Å²) >= 11 is 0. The van der Waals surface area contributed by atoms with Gasteiger partial charge < -0.3 is 31.4 Å². The van der Waals surface area contributed by atoms with Crippen LogP contribution in [0.3, 0.4) is 0 Å². The smallest absolute Gasteiger partial charge is 0.220 e. The van der Waals surface area contributed by atoms with Gasteiger partial charge in [-0.2, -0.15) is 4.57 Å². The number of aromatic nitrogens is 1. The van der Waals surface area contributed by atoms with Crippen LogP contribution in [0.5, 0.6) is 23.0 Å². The fourth-order valence-corrected chi connectivity index (χ4v) is 4.98. The van der Waals surface area contributed by atoms with Crippen LogP contribution >= 0.6 is 0 Å². The number of aryl methyl sites for hydroxylation is 1. The van der Waals surface area contributed by atoms with Crippen LogP contribution in [0.1, 0.15) is 13.8 Å². The van der Waals surface area contributed by atoms with Crippen molar-refractivity contribution in [2.75, 3.05) is 21.3 Å². The second-order valence-corrected chi connectivity index (χ2v) is 8.87. The minimum absolute atomic E-state index is 0. The molecular formula is C30H30ClNO4. The number of hydrogen-bond donors (Lipinski definition) is 0. The van der Waals surface area contributed by atoms with E-state index in [9.17, 15) is 0 Å². The molecule has 0 fully saturated rings. The molecule has 0 saturated heterocycles. The second kappa shape index (κ2) is 10.1. The van der Waals surface area contributed by atoms with E-state index in [1.165, 1.54) is 0 Å². The summed E-state index contributed by atoms with van der Waals surface area (Å²) in [5, 5.41) is 5.43. The number of rotatable bonds is 6. The molecule has 0 aliphatic rings. The topological polar surface area (TPSA) is 40.8 Å². The molecule has 36 heavy (non-hydrogen) atoms. The maximum atomic E-state index is 6.21. The van der Waals surface area contributed by atoms with E-state index in [0.717, 1.165) is 60.8 Å². The molecule has 186 valence electrons. The Bertz CT molecular complexity index is 1560. The number of pyridine rings is 1. The number of halogens is 1. The third kappa shape index (κ3) is 4.03. The van der Waals surface area contributed by atoms with Gasteiger partial charge in [-0.1, -0.05) is 36.4 Å². The summed E-state index contributed by atoms with van der Waals surface area (Å²) in [6.07, 6.45) is 2.15. The molecule has 0 spiro atoms. The Morgan fingerprint density at radius 3 is 1.97 bits per heavy atom. The predicted molar refractivity (Wildman–Crippen MR) is 141 cm³/mol. The fourth-order valence-electron chi connectivity index (χ4n) is 4.98. The number of fused-ring (bicyclic) bond motifs is 5. The molecule has 0 N–H and O–H groups in total. The summed E-state index contributed by atoms with van der Waals surface area (Å²) in [6.45, 7) is 4.05. The Morgan fingerprint density at radius 2 is 1.33 bits per heavy atom. The molecule has 1 aromatic heterocycles. The number of benzene rings is 4. The van der Waals surface area contributed by atoms with Crippen LogP contribution in [0.15, 0.2) is 66.9 Å². The maximum absolute atomic E-state index is 6.21. The van der Waals surface area contributed by atoms with E-state index in [1.54, 1.807) is 21.3 Å². The molecule has 1 heterocycles. The van der Waals surface area contributed by atoms with Crippen LogP contribution in [0.25, 0.3) is 43.6 Å². The molecule has 0 atom stereocenters. The minimum Gasteiger partial charge on any atom is -1.00 e. The molecule has 0 aliphatic carbocycles. The Hall–Kier alpha value is -3.70. The Labute approximate surface area is 217 Å². The standard InChI is InChI=1S/C30H30NO4.ClH/c1-18(2)35-29-24-17-31(3)28-22(20(24)14-15-25(29)32-4)13-12-21-23(28)16-26(33-5)30(34-6)27(21)19-10-8-7-9-11-19;/h7-18H,1-6H3;1H/q+1;/p-1. The Morgan fingerprint density at radius 1 is 0.667 bits per heavy atom. The monoisotopic (exact) mass is 503 g/mol. The summed E-state index contributed by atoms with van der Waals surface area (Å²) in [6, 6.07) is 20.8. The van der Waals surface area contributed by atoms with Gasteiger partial charge in [0, 0.05) is 16.3 Å². The van der Waals surface area contributed by atoms with Crippen LogP contribution in [0.4, 0.5) is 0 Å². The average molecular weight is 504 g/mol. The molecule has 4 aromatic carbocycles. The lowest BCUT2D eigenvalue weighted by Crippen LogP contribution is -3.00. The molecule has 0 aliphatic heterocycles. The number of methoxy groups -OCH3 is 3. The molecule has 0 unspecified atom stereocenters. The van der Waals surface area contributed by atoms with Crippen molar-refractivity contribution in [1.82, 2.24) is 0 Å². The first-order valence-corrected chi connectivity index (χ1v) is 11.7. The Kier molecular flexibility index (Phi) is 7.14. The van der Waals surface area contributed by atoms with E-state index in [2.05, 4.69) is 54.2 Å². The molecule has 6 heteroatoms. The van der Waals surface area contributed by atoms with E-state index >= 15 is 0 Å². The summed E-state index contributed by atoms with van der Waals surface area (Å²) in [5.74, 6) is 2.91. The lowest BCUT2D eigenvalue weighted by Gasteiger charge is -2.18. The van der Waals surface area contributed by atoms with E-state index in [1.807, 2.05) is 38.1 Å². The predicted octanol–water partition coefficient (Wildman–Crippen LogP) is 3.45. The zero-order valence-corrected chi connectivity index (χ0v) is 22.1. The van der Waals surface area contributed by atoms with Crippen LogP contribution in [-0.4, -0.2) is 27.4 Å². The first-order valence-electron chi connectivity index (χ1n) is 11.7. The summed E-state index contributed by atoms with van der Waals surface area (Å²) in [7, 11) is 7.11. The van der Waals surface area contributed by atoms with Crippen molar-refractivity contribution in [3.63, 3.8) is 0 Å². The molecule has 5 rings (SSSR count). The minimum atomic E-state index is 0. The first kappa shape index (κ1) is 25.4. The van der Waals surface area contributed by atoms with E-state index in [4.69, 9.17) is 18.9 Å². The fraction of sp³-hybridized carbons (Fsp3) is 0.233. The normalized spacial score (nSPS) is 11.1. The highest BCUT2D eigenvalue weighted by molar-refractivity contribution is 6.18. The van der Waals surface area contributed by atoms with Crippen LogP contribution in [-0.2, 0) is 7.05 Å². The molecule has 5 nitrogen and oxygen atoms in total. The summed E-state index contributed by atoms with van der Waals surface area (Å²) in [4.78, 5) is 0. The number of hydrogen-bond acceptors (Lipinski definition) is 4. The third-order valence-corrected chi connectivity index (χ3v) is 6.40. The molecule has 5 aromatic rings. The molecule has 0 bridgehead atoms. The van der Waals surface area contributed by atoms with Crippen molar-refractivity contribution < 1.29 is 35.9 Å². The van der Waals surface area contributed by atoms with Crippen molar-refractivity contribution in [2.24, 2.45) is 7.05 Å². The lowest BCUT2D eigenvalue weighted by atomic mass is 9.93. The van der Waals surface area contributed by atoms with Crippen molar-refractivity contribution in [3.05, 3.63) is 66.9 Å². The highest BCUT2D eigenvalue weighted by Crippen LogP contribution is 2.46. The average Bonchev–Trinajstić information content (AvgIpc) is 2.87. The zero-order valence-electron chi connectivity index (χ0n) is 21.4. The number of ether oxygens (including phenoxy) is 4. The molecule has 0 amide bonds. The zero-order chi connectivity index (χ0) is 24.7. The van der Waals surface area contributed by atoms with Gasteiger partial charge in [0.15, 0.2) is 29.2 Å². The van der Waals surface area contributed by atoms with Gasteiger partial charge in [0.25, 0.3) is 0 Å². The Balaban J connectivity index is 0.00000304. The van der Waals surface area contributed by atoms with Crippen molar-refractivity contribution in [3.8, 4) is 34.1 Å². The van der Waals surface area contributed by atoms with E-state index < -0.39 is 0 Å². The maximum Gasteiger partial charge on any atom is 0.220 e. The van der Waals surface area contributed by atoms with Crippen molar-refractivity contribution in [1.29, 1.82) is 0 Å². The van der Waals surface area contributed by atoms with Crippen molar-refractivity contribution in [2.45, 2.75) is 20.0 Å². The SMILES string of the molecule is COc1cc2c(ccc3c4ccc(OC)c(OC(C)C)c4c[n+](C)c23)c(-c2ccccc2)c1OC.[Cl-].